The summed E-state index contributed by atoms with van der Waals surface area (Å²) in [6.45, 7) is 8.46. The number of carbonyl (C=O) groups is 1. The number of morpholine rings is 1. The Kier molecular flexibility index (Phi) is 5.11. The van der Waals surface area contributed by atoms with Crippen LogP contribution in [-0.2, 0) is 14.6 Å². The van der Waals surface area contributed by atoms with E-state index in [1.807, 2.05) is 0 Å². The molecule has 1 N–H and O–H groups in total. The number of hydrogen-bond acceptors (Lipinski definition) is 5. The van der Waals surface area contributed by atoms with Crippen molar-refractivity contribution in [3.05, 3.63) is 0 Å². The quantitative estimate of drug-likeness (QED) is 0.761. The molecule has 2 aliphatic rings. The third-order valence-corrected chi connectivity index (χ3v) is 5.72. The fourth-order valence-corrected chi connectivity index (χ4v) is 3.83. The number of amides is 2. The minimum atomic E-state index is -2.95. The first kappa shape index (κ1) is 16.5. The molecule has 2 fully saturated rings. The first-order valence-electron chi connectivity index (χ1n) is 7.36. The monoisotopic (exact) mass is 319 g/mol. The molecule has 0 aromatic heterocycles. The van der Waals surface area contributed by atoms with E-state index < -0.39 is 9.84 Å². The SMILES string of the molecule is CC1(C)COCCN1CCNC(=O)N1CCS(=O)(=O)CC1. The van der Waals surface area contributed by atoms with Gasteiger partial charge in [0.05, 0.1) is 24.7 Å². The minimum absolute atomic E-state index is 0.0117. The van der Waals surface area contributed by atoms with Crippen molar-refractivity contribution in [2.75, 3.05) is 57.4 Å². The van der Waals surface area contributed by atoms with Crippen LogP contribution in [0.5, 0.6) is 0 Å². The Morgan fingerprint density at radius 2 is 1.90 bits per heavy atom. The van der Waals surface area contributed by atoms with Crippen molar-refractivity contribution < 1.29 is 17.9 Å². The predicted molar refractivity (Wildman–Crippen MR) is 80.1 cm³/mol. The fraction of sp³-hybridized carbons (Fsp3) is 0.923. The zero-order valence-electron chi connectivity index (χ0n) is 12.8. The lowest BCUT2D eigenvalue weighted by atomic mass is 10.0. The van der Waals surface area contributed by atoms with Crippen LogP contribution in [0.3, 0.4) is 0 Å². The second-order valence-electron chi connectivity index (χ2n) is 6.22. The first-order valence-corrected chi connectivity index (χ1v) is 9.18. The van der Waals surface area contributed by atoms with Crippen LogP contribution in [0.25, 0.3) is 0 Å². The Morgan fingerprint density at radius 1 is 1.24 bits per heavy atom. The highest BCUT2D eigenvalue weighted by atomic mass is 32.2. The molecule has 7 nitrogen and oxygen atoms in total. The molecule has 0 spiro atoms. The average Bonchev–Trinajstić information content (AvgIpc) is 2.40. The van der Waals surface area contributed by atoms with Crippen molar-refractivity contribution in [3.63, 3.8) is 0 Å². The maximum atomic E-state index is 12.0. The highest BCUT2D eigenvalue weighted by Crippen LogP contribution is 2.17. The Bertz CT molecular complexity index is 464. The minimum Gasteiger partial charge on any atom is -0.378 e. The van der Waals surface area contributed by atoms with Gasteiger partial charge in [-0.2, -0.15) is 0 Å². The summed E-state index contributed by atoms with van der Waals surface area (Å²) in [6.07, 6.45) is 0. The van der Waals surface area contributed by atoms with E-state index in [0.29, 0.717) is 13.2 Å². The number of carbonyl (C=O) groups excluding carboxylic acids is 1. The second-order valence-corrected chi connectivity index (χ2v) is 8.53. The molecule has 0 aromatic carbocycles. The second kappa shape index (κ2) is 6.50. The average molecular weight is 319 g/mol. The molecule has 0 unspecified atom stereocenters. The van der Waals surface area contributed by atoms with Gasteiger partial charge in [-0.1, -0.05) is 0 Å². The standard InChI is InChI=1S/C13H25N3O4S/c1-13(2)11-20-8-5-16(13)4-3-14-12(17)15-6-9-21(18,19)10-7-15/h3-11H2,1-2H3,(H,14,17). The Morgan fingerprint density at radius 3 is 2.52 bits per heavy atom. The summed E-state index contributed by atoms with van der Waals surface area (Å²) < 4.78 is 28.1. The van der Waals surface area contributed by atoms with E-state index in [1.165, 1.54) is 0 Å². The predicted octanol–water partition coefficient (Wildman–Crippen LogP) is -0.463. The van der Waals surface area contributed by atoms with Crippen LogP contribution in [0.1, 0.15) is 13.8 Å². The summed E-state index contributed by atoms with van der Waals surface area (Å²) in [4.78, 5) is 15.9. The Balaban J connectivity index is 1.72. The third kappa shape index (κ3) is 4.55. The number of hydrogen-bond donors (Lipinski definition) is 1. The van der Waals surface area contributed by atoms with Crippen molar-refractivity contribution in [1.29, 1.82) is 0 Å². The van der Waals surface area contributed by atoms with Crippen LogP contribution in [-0.4, -0.2) is 87.2 Å². The molecule has 2 amide bonds. The molecule has 2 saturated heterocycles. The van der Waals surface area contributed by atoms with Gasteiger partial charge in [-0.15, -0.1) is 0 Å². The number of rotatable bonds is 3. The van der Waals surface area contributed by atoms with E-state index in [0.717, 1.165) is 19.7 Å². The van der Waals surface area contributed by atoms with Gasteiger partial charge < -0.3 is 15.0 Å². The molecule has 0 aliphatic carbocycles. The van der Waals surface area contributed by atoms with E-state index in [1.54, 1.807) is 4.90 Å². The van der Waals surface area contributed by atoms with Gasteiger partial charge in [0.15, 0.2) is 9.84 Å². The number of urea groups is 1. The normalized spacial score (nSPS) is 25.5. The Labute approximate surface area is 126 Å². The topological polar surface area (TPSA) is 79.0 Å². The fourth-order valence-electron chi connectivity index (χ4n) is 2.63. The van der Waals surface area contributed by atoms with Crippen molar-refractivity contribution in [3.8, 4) is 0 Å². The van der Waals surface area contributed by atoms with Gasteiger partial charge in [-0.05, 0) is 13.8 Å². The van der Waals surface area contributed by atoms with Crippen LogP contribution in [0, 0.1) is 0 Å². The lowest BCUT2D eigenvalue weighted by Crippen LogP contribution is -2.55. The molecule has 0 radical (unpaired) electrons. The smallest absolute Gasteiger partial charge is 0.317 e. The largest absolute Gasteiger partial charge is 0.378 e. The highest BCUT2D eigenvalue weighted by molar-refractivity contribution is 7.91. The van der Waals surface area contributed by atoms with Crippen LogP contribution in [0.4, 0.5) is 4.79 Å². The number of sulfone groups is 1. The molecule has 0 bridgehead atoms. The molecule has 122 valence electrons. The van der Waals surface area contributed by atoms with Gasteiger partial charge in [-0.3, -0.25) is 4.90 Å². The molecular formula is C13H25N3O4S. The first-order chi connectivity index (χ1) is 9.80. The number of ether oxygens (including phenoxy) is 1. The van der Waals surface area contributed by atoms with Gasteiger partial charge in [0.1, 0.15) is 0 Å². The van der Waals surface area contributed by atoms with Gasteiger partial charge in [0.2, 0.25) is 0 Å². The Hall–Kier alpha value is -0.860. The summed E-state index contributed by atoms with van der Waals surface area (Å²) in [5.41, 5.74) is -0.0117. The van der Waals surface area contributed by atoms with Gasteiger partial charge in [0.25, 0.3) is 0 Å². The molecule has 8 heteroatoms. The van der Waals surface area contributed by atoms with Gasteiger partial charge in [0, 0.05) is 38.3 Å². The molecule has 21 heavy (non-hydrogen) atoms. The summed E-state index contributed by atoms with van der Waals surface area (Å²) >= 11 is 0. The third-order valence-electron chi connectivity index (χ3n) is 4.11. The molecular weight excluding hydrogens is 294 g/mol. The van der Waals surface area contributed by atoms with E-state index in [9.17, 15) is 13.2 Å². The summed E-state index contributed by atoms with van der Waals surface area (Å²) in [5.74, 6) is 0.133. The highest BCUT2D eigenvalue weighted by Gasteiger charge is 2.30. The van der Waals surface area contributed by atoms with Crippen LogP contribution in [0.15, 0.2) is 0 Å². The van der Waals surface area contributed by atoms with Crippen LogP contribution in [0.2, 0.25) is 0 Å². The maximum absolute atomic E-state index is 12.0. The summed E-state index contributed by atoms with van der Waals surface area (Å²) in [5, 5.41) is 2.87. The maximum Gasteiger partial charge on any atom is 0.317 e. The molecule has 0 atom stereocenters. The lowest BCUT2D eigenvalue weighted by Gasteiger charge is -2.42. The van der Waals surface area contributed by atoms with Crippen LogP contribution >= 0.6 is 0 Å². The molecule has 0 saturated carbocycles. The van der Waals surface area contributed by atoms with Gasteiger partial charge >= 0.3 is 6.03 Å². The van der Waals surface area contributed by atoms with Crippen molar-refractivity contribution >= 4 is 15.9 Å². The summed E-state index contributed by atoms with van der Waals surface area (Å²) in [6, 6.07) is -0.170. The molecule has 2 aliphatic heterocycles. The molecule has 2 rings (SSSR count). The van der Waals surface area contributed by atoms with Crippen molar-refractivity contribution in [2.24, 2.45) is 0 Å². The van der Waals surface area contributed by atoms with Crippen LogP contribution < -0.4 is 5.32 Å². The van der Waals surface area contributed by atoms with E-state index >= 15 is 0 Å². The zero-order valence-corrected chi connectivity index (χ0v) is 13.6. The number of nitrogens with zero attached hydrogens (tertiary/aromatic N) is 2. The molecule has 0 aromatic rings. The van der Waals surface area contributed by atoms with Crippen molar-refractivity contribution in [1.82, 2.24) is 15.1 Å². The lowest BCUT2D eigenvalue weighted by molar-refractivity contribution is -0.0498. The summed E-state index contributed by atoms with van der Waals surface area (Å²) in [7, 11) is -2.95. The zero-order chi connectivity index (χ0) is 15.5. The van der Waals surface area contributed by atoms with E-state index in [2.05, 4.69) is 24.1 Å². The van der Waals surface area contributed by atoms with E-state index in [-0.39, 0.29) is 36.2 Å². The van der Waals surface area contributed by atoms with Crippen molar-refractivity contribution in [2.45, 2.75) is 19.4 Å². The van der Waals surface area contributed by atoms with Gasteiger partial charge in [-0.25, -0.2) is 13.2 Å². The van der Waals surface area contributed by atoms with E-state index in [4.69, 9.17) is 4.74 Å². The molecule has 2 heterocycles. The number of nitrogens with one attached hydrogen (secondary N) is 1.